The van der Waals surface area contributed by atoms with Gasteiger partial charge in [-0.15, -0.1) is 11.3 Å². The summed E-state index contributed by atoms with van der Waals surface area (Å²) in [5.41, 5.74) is 1.15. The second-order valence-corrected chi connectivity index (χ2v) is 7.39. The van der Waals surface area contributed by atoms with Crippen LogP contribution >= 0.6 is 22.9 Å². The van der Waals surface area contributed by atoms with Gasteiger partial charge in [0.25, 0.3) is 5.91 Å². The van der Waals surface area contributed by atoms with Crippen LogP contribution in [0.5, 0.6) is 5.75 Å². The number of nitrogens with zero attached hydrogens (tertiary/aromatic N) is 1. The van der Waals surface area contributed by atoms with Crippen molar-refractivity contribution in [2.24, 2.45) is 0 Å². The van der Waals surface area contributed by atoms with Crippen molar-refractivity contribution in [2.45, 2.75) is 32.7 Å². The van der Waals surface area contributed by atoms with E-state index in [4.69, 9.17) is 16.3 Å². The molecule has 1 atom stereocenters. The van der Waals surface area contributed by atoms with Crippen LogP contribution in [0.3, 0.4) is 0 Å². The molecule has 2 rings (SSSR count). The molecule has 23 heavy (non-hydrogen) atoms. The molecule has 1 unspecified atom stereocenters. The minimum atomic E-state index is -0.0477. The summed E-state index contributed by atoms with van der Waals surface area (Å²) in [7, 11) is 1.78. The summed E-state index contributed by atoms with van der Waals surface area (Å²) in [6.07, 6.45) is 1.04. The summed E-state index contributed by atoms with van der Waals surface area (Å²) < 4.78 is 6.51. The molecule has 0 bridgehead atoms. The summed E-state index contributed by atoms with van der Waals surface area (Å²) in [5.74, 6) is 1.16. The summed E-state index contributed by atoms with van der Waals surface area (Å²) in [6, 6.07) is 11.7. The Balaban J connectivity index is 1.94. The van der Waals surface area contributed by atoms with E-state index >= 15 is 0 Å². The third-order valence-electron chi connectivity index (χ3n) is 3.86. The van der Waals surface area contributed by atoms with Crippen molar-refractivity contribution in [3.63, 3.8) is 0 Å². The van der Waals surface area contributed by atoms with Crippen LogP contribution in [0.15, 0.2) is 36.4 Å². The Morgan fingerprint density at radius 3 is 2.70 bits per heavy atom. The Morgan fingerprint density at radius 1 is 1.30 bits per heavy atom. The number of para-hydroxylation sites is 1. The molecule has 1 heterocycles. The molecule has 0 spiro atoms. The van der Waals surface area contributed by atoms with Gasteiger partial charge in [-0.05, 0) is 36.1 Å². The van der Waals surface area contributed by atoms with Gasteiger partial charge in [-0.1, -0.05) is 43.6 Å². The quantitative estimate of drug-likeness (QED) is 0.706. The van der Waals surface area contributed by atoms with Crippen LogP contribution in [0.1, 0.15) is 36.6 Å². The van der Waals surface area contributed by atoms with Crippen LogP contribution in [0.4, 0.5) is 0 Å². The fraction of sp³-hybridized carbons (Fsp3) is 0.389. The number of halogens is 1. The van der Waals surface area contributed by atoms with Crippen LogP contribution in [0, 0.1) is 0 Å². The Kier molecular flexibility index (Phi) is 6.48. The number of carbonyl (C=O) groups excluding carboxylic acids is 1. The van der Waals surface area contributed by atoms with Crippen LogP contribution in [0.2, 0.25) is 4.34 Å². The first-order valence-electron chi connectivity index (χ1n) is 7.71. The monoisotopic (exact) mass is 351 g/mol. The molecule has 0 radical (unpaired) electrons. The SMILES string of the molecule is CCC(C)c1ccccc1OCC(=O)N(C)Cc1ccc(Cl)s1. The third kappa shape index (κ3) is 4.98. The lowest BCUT2D eigenvalue weighted by Gasteiger charge is -2.19. The van der Waals surface area contributed by atoms with Crippen LogP contribution in [0.25, 0.3) is 0 Å². The van der Waals surface area contributed by atoms with E-state index in [0.29, 0.717) is 12.5 Å². The standard InChI is InChI=1S/C18H22ClNO2S/c1-4-13(2)15-7-5-6-8-16(15)22-12-18(21)20(3)11-14-9-10-17(19)23-14/h5-10,13H,4,11-12H2,1-3H3. The molecule has 0 saturated carbocycles. The molecule has 0 N–H and O–H groups in total. The third-order valence-corrected chi connectivity index (χ3v) is 5.08. The molecule has 124 valence electrons. The van der Waals surface area contributed by atoms with Gasteiger partial charge in [-0.25, -0.2) is 0 Å². The number of hydrogen-bond acceptors (Lipinski definition) is 3. The largest absolute Gasteiger partial charge is 0.483 e. The number of benzene rings is 1. The summed E-state index contributed by atoms with van der Waals surface area (Å²) in [5, 5.41) is 0. The Morgan fingerprint density at radius 2 is 2.04 bits per heavy atom. The Bertz CT molecular complexity index is 656. The predicted octanol–water partition coefficient (Wildman–Crippen LogP) is 4.95. The second-order valence-electron chi connectivity index (χ2n) is 5.59. The van der Waals surface area contributed by atoms with Crippen molar-refractivity contribution in [1.29, 1.82) is 0 Å². The highest BCUT2D eigenvalue weighted by molar-refractivity contribution is 7.16. The smallest absolute Gasteiger partial charge is 0.260 e. The molecular formula is C18H22ClNO2S. The summed E-state index contributed by atoms with van der Waals surface area (Å²) >= 11 is 7.40. The zero-order valence-corrected chi connectivity index (χ0v) is 15.3. The lowest BCUT2D eigenvalue weighted by molar-refractivity contribution is -0.132. The molecular weight excluding hydrogens is 330 g/mol. The van der Waals surface area contributed by atoms with Gasteiger partial charge >= 0.3 is 0 Å². The normalized spacial score (nSPS) is 12.0. The minimum Gasteiger partial charge on any atom is -0.483 e. The van der Waals surface area contributed by atoms with Crippen molar-refractivity contribution in [2.75, 3.05) is 13.7 Å². The van der Waals surface area contributed by atoms with Crippen molar-refractivity contribution >= 4 is 28.8 Å². The first-order valence-corrected chi connectivity index (χ1v) is 8.90. The number of ether oxygens (including phenoxy) is 1. The van der Waals surface area contributed by atoms with Crippen molar-refractivity contribution in [3.8, 4) is 5.75 Å². The van der Waals surface area contributed by atoms with Crippen molar-refractivity contribution in [3.05, 3.63) is 51.2 Å². The van der Waals surface area contributed by atoms with E-state index in [1.165, 1.54) is 11.3 Å². The van der Waals surface area contributed by atoms with Crippen LogP contribution in [-0.4, -0.2) is 24.5 Å². The molecule has 1 amide bonds. The topological polar surface area (TPSA) is 29.5 Å². The van der Waals surface area contributed by atoms with Crippen LogP contribution in [-0.2, 0) is 11.3 Å². The molecule has 0 aliphatic carbocycles. The summed E-state index contributed by atoms with van der Waals surface area (Å²) in [4.78, 5) is 15.0. The zero-order chi connectivity index (χ0) is 16.8. The summed E-state index contributed by atoms with van der Waals surface area (Å²) in [6.45, 7) is 4.90. The fourth-order valence-electron chi connectivity index (χ4n) is 2.25. The molecule has 0 aliphatic rings. The Hall–Kier alpha value is -1.52. The van der Waals surface area contributed by atoms with E-state index in [1.54, 1.807) is 11.9 Å². The molecule has 0 aliphatic heterocycles. The number of thiophene rings is 1. The van der Waals surface area contributed by atoms with Gasteiger partial charge in [0.2, 0.25) is 0 Å². The molecule has 3 nitrogen and oxygen atoms in total. The first-order chi connectivity index (χ1) is 11.0. The number of rotatable bonds is 7. The minimum absolute atomic E-state index is 0.0447. The molecule has 1 aromatic heterocycles. The van der Waals surface area contributed by atoms with Crippen molar-refractivity contribution in [1.82, 2.24) is 4.90 Å². The number of likely N-dealkylation sites (N-methyl/N-ethyl adjacent to an activating group) is 1. The lowest BCUT2D eigenvalue weighted by Crippen LogP contribution is -2.30. The van der Waals surface area contributed by atoms with E-state index in [0.717, 1.165) is 26.9 Å². The van der Waals surface area contributed by atoms with Gasteiger partial charge in [-0.2, -0.15) is 0 Å². The van der Waals surface area contributed by atoms with E-state index in [1.807, 2.05) is 30.3 Å². The maximum absolute atomic E-state index is 12.3. The highest BCUT2D eigenvalue weighted by atomic mass is 35.5. The lowest BCUT2D eigenvalue weighted by atomic mass is 9.98. The van der Waals surface area contributed by atoms with Gasteiger partial charge in [0.15, 0.2) is 6.61 Å². The van der Waals surface area contributed by atoms with E-state index < -0.39 is 0 Å². The maximum Gasteiger partial charge on any atom is 0.260 e. The van der Waals surface area contributed by atoms with Crippen molar-refractivity contribution < 1.29 is 9.53 Å². The fourth-order valence-corrected chi connectivity index (χ4v) is 3.39. The number of hydrogen-bond donors (Lipinski definition) is 0. The molecule has 5 heteroatoms. The highest BCUT2D eigenvalue weighted by Crippen LogP contribution is 2.28. The van der Waals surface area contributed by atoms with Gasteiger partial charge in [0.05, 0.1) is 10.9 Å². The number of carbonyl (C=O) groups is 1. The predicted molar refractivity (Wildman–Crippen MR) is 96.4 cm³/mol. The van der Waals surface area contributed by atoms with Gasteiger partial charge in [-0.3, -0.25) is 4.79 Å². The molecule has 1 aromatic carbocycles. The maximum atomic E-state index is 12.3. The van der Waals surface area contributed by atoms with Gasteiger partial charge in [0.1, 0.15) is 5.75 Å². The average Bonchev–Trinajstić information content (AvgIpc) is 2.96. The highest BCUT2D eigenvalue weighted by Gasteiger charge is 2.14. The van der Waals surface area contributed by atoms with E-state index in [2.05, 4.69) is 19.9 Å². The van der Waals surface area contributed by atoms with Gasteiger partial charge in [0, 0.05) is 11.9 Å². The molecule has 2 aromatic rings. The van der Waals surface area contributed by atoms with E-state index in [9.17, 15) is 4.79 Å². The average molecular weight is 352 g/mol. The molecule has 0 saturated heterocycles. The van der Waals surface area contributed by atoms with Crippen LogP contribution < -0.4 is 4.74 Å². The Labute approximate surface area is 146 Å². The second kappa shape index (κ2) is 8.37. The van der Waals surface area contributed by atoms with Gasteiger partial charge < -0.3 is 9.64 Å². The van der Waals surface area contributed by atoms with E-state index in [-0.39, 0.29) is 12.5 Å². The zero-order valence-electron chi connectivity index (χ0n) is 13.7. The molecule has 0 fully saturated rings. The number of amides is 1. The first kappa shape index (κ1) is 17.8.